The molecule has 0 aliphatic heterocycles. The van der Waals surface area contributed by atoms with Crippen LogP contribution in [-0.4, -0.2) is 16.6 Å². The van der Waals surface area contributed by atoms with Crippen LogP contribution >= 0.6 is 0 Å². The fraction of sp³-hybridized carbons (Fsp3) is 0.615. The number of hydrogen-bond donors (Lipinski definition) is 0. The molecule has 0 unspecified atom stereocenters. The second-order valence-corrected chi connectivity index (χ2v) is 8.77. The van der Waals surface area contributed by atoms with E-state index in [4.69, 9.17) is 4.74 Å². The van der Waals surface area contributed by atoms with E-state index in [0.717, 1.165) is 36.6 Å². The summed E-state index contributed by atoms with van der Waals surface area (Å²) in [5.41, 5.74) is 4.45. The van der Waals surface area contributed by atoms with Gasteiger partial charge in [-0.25, -0.2) is 9.97 Å². The average Bonchev–Trinajstić information content (AvgIpc) is 2.75. The predicted molar refractivity (Wildman–Crippen MR) is 122 cm³/mol. The standard InChI is InChI=1S/C26H38N2O/c1-4-6-9-14-26(15-10-8-11-16-26)24-13-12-22(18-21(24)3)25-27-19-23(20-28-25)29-17-7-5-2/h12-13,18-20H,4-11,14-17H2,1-3H3. The molecule has 3 rings (SSSR count). The van der Waals surface area contributed by atoms with Crippen molar-refractivity contribution in [3.8, 4) is 17.1 Å². The van der Waals surface area contributed by atoms with Crippen LogP contribution in [0.15, 0.2) is 30.6 Å². The highest BCUT2D eigenvalue weighted by atomic mass is 16.5. The lowest BCUT2D eigenvalue weighted by atomic mass is 9.65. The number of ether oxygens (including phenoxy) is 1. The molecule has 3 nitrogen and oxygen atoms in total. The third-order valence-corrected chi connectivity index (χ3v) is 6.52. The molecular formula is C26H38N2O. The van der Waals surface area contributed by atoms with Gasteiger partial charge in [0.05, 0.1) is 19.0 Å². The molecule has 3 heteroatoms. The highest BCUT2D eigenvalue weighted by molar-refractivity contribution is 5.58. The van der Waals surface area contributed by atoms with Crippen LogP contribution in [0.4, 0.5) is 0 Å². The van der Waals surface area contributed by atoms with Crippen molar-refractivity contribution in [1.29, 1.82) is 0 Å². The Morgan fingerprint density at radius 3 is 2.31 bits per heavy atom. The normalized spacial score (nSPS) is 16.0. The molecule has 1 aliphatic carbocycles. The monoisotopic (exact) mass is 394 g/mol. The molecule has 0 atom stereocenters. The Morgan fingerprint density at radius 1 is 0.931 bits per heavy atom. The fourth-order valence-electron chi connectivity index (χ4n) is 4.87. The topological polar surface area (TPSA) is 35.0 Å². The Balaban J connectivity index is 1.77. The Bertz CT molecular complexity index is 748. The number of benzene rings is 1. The van der Waals surface area contributed by atoms with Crippen molar-refractivity contribution in [2.75, 3.05) is 6.61 Å². The van der Waals surface area contributed by atoms with E-state index in [1.54, 1.807) is 18.0 Å². The smallest absolute Gasteiger partial charge is 0.159 e. The van der Waals surface area contributed by atoms with E-state index < -0.39 is 0 Å². The molecule has 0 N–H and O–H groups in total. The zero-order chi connectivity index (χ0) is 20.5. The highest BCUT2D eigenvalue weighted by Gasteiger charge is 2.34. The zero-order valence-electron chi connectivity index (χ0n) is 18.7. The minimum Gasteiger partial charge on any atom is -0.490 e. The number of unbranched alkanes of at least 4 members (excludes halogenated alkanes) is 3. The molecule has 1 heterocycles. The summed E-state index contributed by atoms with van der Waals surface area (Å²) in [6.07, 6.45) is 17.9. The van der Waals surface area contributed by atoms with Gasteiger partial charge in [0.15, 0.2) is 11.6 Å². The fourth-order valence-corrected chi connectivity index (χ4v) is 4.87. The zero-order valence-corrected chi connectivity index (χ0v) is 18.7. The lowest BCUT2D eigenvalue weighted by Gasteiger charge is -2.39. The molecule has 0 bridgehead atoms. The van der Waals surface area contributed by atoms with Crippen LogP contribution in [0, 0.1) is 6.92 Å². The van der Waals surface area contributed by atoms with Crippen molar-refractivity contribution in [3.63, 3.8) is 0 Å². The van der Waals surface area contributed by atoms with Crippen LogP contribution in [-0.2, 0) is 5.41 Å². The first-order valence-corrected chi connectivity index (χ1v) is 11.7. The predicted octanol–water partition coefficient (Wildman–Crippen LogP) is 7.41. The Hall–Kier alpha value is -1.90. The maximum Gasteiger partial charge on any atom is 0.159 e. The summed E-state index contributed by atoms with van der Waals surface area (Å²) in [5, 5.41) is 0. The van der Waals surface area contributed by atoms with Crippen LogP contribution in [0.2, 0.25) is 0 Å². The Morgan fingerprint density at radius 2 is 1.66 bits per heavy atom. The highest BCUT2D eigenvalue weighted by Crippen LogP contribution is 2.45. The summed E-state index contributed by atoms with van der Waals surface area (Å²) in [6.45, 7) is 7.47. The van der Waals surface area contributed by atoms with E-state index in [9.17, 15) is 0 Å². The van der Waals surface area contributed by atoms with Gasteiger partial charge in [0, 0.05) is 5.56 Å². The third kappa shape index (κ3) is 5.58. The molecule has 1 aromatic heterocycles. The van der Waals surface area contributed by atoms with Crippen LogP contribution in [0.1, 0.15) is 95.6 Å². The van der Waals surface area contributed by atoms with Crippen LogP contribution in [0.25, 0.3) is 11.4 Å². The van der Waals surface area contributed by atoms with Gasteiger partial charge in [-0.2, -0.15) is 0 Å². The number of aromatic nitrogens is 2. The summed E-state index contributed by atoms with van der Waals surface area (Å²) in [6, 6.07) is 6.89. The molecule has 1 fully saturated rings. The minimum absolute atomic E-state index is 0.383. The molecule has 1 aromatic carbocycles. The molecular weight excluding hydrogens is 356 g/mol. The molecule has 2 aromatic rings. The second kappa shape index (κ2) is 10.8. The molecule has 29 heavy (non-hydrogen) atoms. The van der Waals surface area contributed by atoms with Gasteiger partial charge in [0.25, 0.3) is 0 Å². The van der Waals surface area contributed by atoms with Crippen molar-refractivity contribution in [2.45, 2.75) is 96.8 Å². The van der Waals surface area contributed by atoms with E-state index in [0.29, 0.717) is 5.41 Å². The maximum atomic E-state index is 5.69. The summed E-state index contributed by atoms with van der Waals surface area (Å²) in [4.78, 5) is 9.11. The van der Waals surface area contributed by atoms with Gasteiger partial charge in [-0.1, -0.05) is 70.9 Å². The number of rotatable bonds is 10. The second-order valence-electron chi connectivity index (χ2n) is 8.77. The molecule has 158 valence electrons. The van der Waals surface area contributed by atoms with Crippen LogP contribution < -0.4 is 4.74 Å². The molecule has 0 amide bonds. The van der Waals surface area contributed by atoms with E-state index in [1.165, 1.54) is 63.4 Å². The van der Waals surface area contributed by atoms with Gasteiger partial charge in [0.1, 0.15) is 0 Å². The molecule has 0 radical (unpaired) electrons. The number of nitrogens with zero attached hydrogens (tertiary/aromatic N) is 2. The molecule has 0 saturated heterocycles. The van der Waals surface area contributed by atoms with E-state index in [-0.39, 0.29) is 0 Å². The number of hydrogen-bond acceptors (Lipinski definition) is 3. The van der Waals surface area contributed by atoms with E-state index in [1.807, 2.05) is 0 Å². The lowest BCUT2D eigenvalue weighted by Crippen LogP contribution is -2.30. The van der Waals surface area contributed by atoms with Gasteiger partial charge in [-0.05, 0) is 55.2 Å². The Labute approximate surface area is 177 Å². The van der Waals surface area contributed by atoms with Gasteiger partial charge in [-0.15, -0.1) is 0 Å². The third-order valence-electron chi connectivity index (χ3n) is 6.52. The van der Waals surface area contributed by atoms with E-state index in [2.05, 4.69) is 48.9 Å². The van der Waals surface area contributed by atoms with Crippen molar-refractivity contribution < 1.29 is 4.74 Å². The maximum absolute atomic E-state index is 5.69. The van der Waals surface area contributed by atoms with Gasteiger partial charge < -0.3 is 4.74 Å². The molecule has 1 saturated carbocycles. The van der Waals surface area contributed by atoms with Crippen molar-refractivity contribution >= 4 is 0 Å². The van der Waals surface area contributed by atoms with Crippen LogP contribution in [0.5, 0.6) is 5.75 Å². The van der Waals surface area contributed by atoms with Crippen molar-refractivity contribution in [3.05, 3.63) is 41.7 Å². The lowest BCUT2D eigenvalue weighted by molar-refractivity contribution is 0.265. The first-order chi connectivity index (χ1) is 14.2. The SMILES string of the molecule is CCCCCC1(c2ccc(-c3ncc(OCCCC)cn3)cc2C)CCCCC1. The summed E-state index contributed by atoms with van der Waals surface area (Å²) < 4.78 is 5.69. The minimum atomic E-state index is 0.383. The summed E-state index contributed by atoms with van der Waals surface area (Å²) in [5.74, 6) is 1.54. The summed E-state index contributed by atoms with van der Waals surface area (Å²) in [7, 11) is 0. The average molecular weight is 395 g/mol. The largest absolute Gasteiger partial charge is 0.490 e. The van der Waals surface area contributed by atoms with Crippen molar-refractivity contribution in [2.24, 2.45) is 0 Å². The van der Waals surface area contributed by atoms with Crippen molar-refractivity contribution in [1.82, 2.24) is 9.97 Å². The van der Waals surface area contributed by atoms with Gasteiger partial charge >= 0.3 is 0 Å². The quantitative estimate of drug-likeness (QED) is 0.393. The van der Waals surface area contributed by atoms with Gasteiger partial charge in [0.2, 0.25) is 0 Å². The number of aryl methyl sites for hydroxylation is 1. The molecule has 1 aliphatic rings. The first-order valence-electron chi connectivity index (χ1n) is 11.7. The first kappa shape index (κ1) is 21.8. The van der Waals surface area contributed by atoms with Gasteiger partial charge in [-0.3, -0.25) is 0 Å². The molecule has 0 spiro atoms. The Kier molecular flexibility index (Phi) is 8.09. The summed E-state index contributed by atoms with van der Waals surface area (Å²) >= 11 is 0. The van der Waals surface area contributed by atoms with Crippen LogP contribution in [0.3, 0.4) is 0 Å². The van der Waals surface area contributed by atoms with E-state index >= 15 is 0 Å².